The Kier molecular flexibility index (Phi) is 8.35. The highest BCUT2D eigenvalue weighted by Crippen LogP contribution is 2.25. The van der Waals surface area contributed by atoms with Crippen LogP contribution in [0, 0.1) is 0 Å². The zero-order chi connectivity index (χ0) is 18.7. The Morgan fingerprint density at radius 2 is 1.76 bits per heavy atom. The van der Waals surface area contributed by atoms with Crippen LogP contribution in [-0.2, 0) is 4.79 Å². The van der Waals surface area contributed by atoms with Crippen LogP contribution >= 0.6 is 0 Å². The molecular formula is C18H22N4O3. The van der Waals surface area contributed by atoms with Gasteiger partial charge in [-0.1, -0.05) is 32.0 Å². The van der Waals surface area contributed by atoms with Crippen molar-refractivity contribution >= 4 is 17.1 Å². The summed E-state index contributed by atoms with van der Waals surface area (Å²) in [6.07, 6.45) is 2.78. The lowest BCUT2D eigenvalue weighted by Crippen LogP contribution is -2.11. The Hall–Kier alpha value is -3.22. The van der Waals surface area contributed by atoms with Crippen LogP contribution in [0.5, 0.6) is 11.5 Å². The van der Waals surface area contributed by atoms with E-state index in [-0.39, 0.29) is 11.5 Å². The Balaban J connectivity index is 0.000000388. The van der Waals surface area contributed by atoms with Crippen LogP contribution < -0.4 is 15.6 Å². The molecule has 1 aromatic carbocycles. The van der Waals surface area contributed by atoms with Crippen LogP contribution in [0.25, 0.3) is 11.2 Å². The number of H-pyrrole nitrogens is 1. The average molecular weight is 342 g/mol. The molecular weight excluding hydrogens is 320 g/mol. The van der Waals surface area contributed by atoms with Crippen LogP contribution in [0.2, 0.25) is 0 Å². The normalized spacial score (nSPS) is 9.12. The first-order chi connectivity index (χ1) is 12.1. The Bertz CT molecular complexity index is 848. The quantitative estimate of drug-likeness (QED) is 0.746. The predicted molar refractivity (Wildman–Crippen MR) is 97.8 cm³/mol. The lowest BCUT2D eigenvalue weighted by molar-refractivity contribution is -0.118. The highest BCUT2D eigenvalue weighted by Gasteiger charge is 2.06. The number of carbonyl (C=O) groups excluding carboxylic acids is 1. The number of para-hydroxylation sites is 1. The minimum Gasteiger partial charge on any atom is -0.455 e. The predicted octanol–water partition coefficient (Wildman–Crippen LogP) is 2.89. The topological polar surface area (TPSA) is 97.0 Å². The van der Waals surface area contributed by atoms with Crippen molar-refractivity contribution in [3.63, 3.8) is 0 Å². The number of hydrogen-bond donors (Lipinski definition) is 2. The first kappa shape index (κ1) is 19.8. The van der Waals surface area contributed by atoms with Gasteiger partial charge in [-0.15, -0.1) is 0 Å². The van der Waals surface area contributed by atoms with Gasteiger partial charge in [0.2, 0.25) is 5.91 Å². The maximum Gasteiger partial charge on any atom is 0.268 e. The smallest absolute Gasteiger partial charge is 0.268 e. The molecule has 0 fully saturated rings. The van der Waals surface area contributed by atoms with Crippen molar-refractivity contribution in [2.24, 2.45) is 0 Å². The molecule has 0 aliphatic rings. The summed E-state index contributed by atoms with van der Waals surface area (Å²) in [5.74, 6) is 1.27. The van der Waals surface area contributed by atoms with E-state index >= 15 is 0 Å². The van der Waals surface area contributed by atoms with Crippen LogP contribution in [0.4, 0.5) is 0 Å². The molecule has 25 heavy (non-hydrogen) atoms. The number of aromatic nitrogens is 3. The first-order valence-electron chi connectivity index (χ1n) is 7.85. The van der Waals surface area contributed by atoms with Crippen molar-refractivity contribution in [2.75, 3.05) is 7.05 Å². The second-order valence-electron chi connectivity index (χ2n) is 4.48. The number of rotatable bonds is 2. The monoisotopic (exact) mass is 342 g/mol. The summed E-state index contributed by atoms with van der Waals surface area (Å²) in [4.78, 5) is 31.6. The second kappa shape index (κ2) is 10.5. The van der Waals surface area contributed by atoms with E-state index in [0.717, 1.165) is 0 Å². The maximum absolute atomic E-state index is 11.2. The molecule has 7 nitrogen and oxygen atoms in total. The highest BCUT2D eigenvalue weighted by molar-refractivity contribution is 5.76. The van der Waals surface area contributed by atoms with Gasteiger partial charge in [-0.3, -0.25) is 9.59 Å². The number of hydrogen-bond acceptors (Lipinski definition) is 5. The molecule has 0 aliphatic heterocycles. The fourth-order valence-corrected chi connectivity index (χ4v) is 1.62. The molecule has 0 bridgehead atoms. The van der Waals surface area contributed by atoms with Crippen molar-refractivity contribution in [1.29, 1.82) is 0 Å². The molecule has 2 heterocycles. The van der Waals surface area contributed by atoms with Gasteiger partial charge < -0.3 is 15.0 Å². The summed E-state index contributed by atoms with van der Waals surface area (Å²) in [5.41, 5.74) is 0.656. The second-order valence-corrected chi connectivity index (χ2v) is 4.48. The number of pyridine rings is 1. The SMILES string of the molecule is CC.CNC(C)=O.O=c1cnc2c(Oc3ccccc3)ccnc2[nH]1. The number of benzene rings is 1. The zero-order valence-corrected chi connectivity index (χ0v) is 14.7. The van der Waals surface area contributed by atoms with E-state index < -0.39 is 0 Å². The number of amides is 1. The maximum atomic E-state index is 11.2. The third-order valence-corrected chi connectivity index (χ3v) is 2.76. The molecule has 2 aromatic heterocycles. The molecule has 0 aliphatic carbocycles. The summed E-state index contributed by atoms with van der Waals surface area (Å²) in [6.45, 7) is 5.47. The lowest BCUT2D eigenvalue weighted by atomic mass is 10.3. The third-order valence-electron chi connectivity index (χ3n) is 2.76. The molecule has 2 N–H and O–H groups in total. The van der Waals surface area contributed by atoms with E-state index in [1.165, 1.54) is 13.1 Å². The minimum absolute atomic E-state index is 0.00463. The molecule has 3 aromatic rings. The fourth-order valence-electron chi connectivity index (χ4n) is 1.62. The molecule has 0 atom stereocenters. The van der Waals surface area contributed by atoms with Crippen LogP contribution in [0.1, 0.15) is 20.8 Å². The van der Waals surface area contributed by atoms with Gasteiger partial charge in [0.25, 0.3) is 5.56 Å². The van der Waals surface area contributed by atoms with Gasteiger partial charge in [-0.05, 0) is 12.1 Å². The molecule has 0 radical (unpaired) electrons. The summed E-state index contributed by atoms with van der Waals surface area (Å²) in [6, 6.07) is 11.1. The molecule has 0 unspecified atom stereocenters. The van der Waals surface area contributed by atoms with Gasteiger partial charge in [-0.25, -0.2) is 9.97 Å². The van der Waals surface area contributed by atoms with Crippen molar-refractivity contribution in [1.82, 2.24) is 20.3 Å². The van der Waals surface area contributed by atoms with Gasteiger partial charge in [0.1, 0.15) is 11.3 Å². The van der Waals surface area contributed by atoms with Crippen LogP contribution in [0.3, 0.4) is 0 Å². The van der Waals surface area contributed by atoms with Crippen molar-refractivity contribution in [2.45, 2.75) is 20.8 Å². The number of aromatic amines is 1. The van der Waals surface area contributed by atoms with E-state index in [2.05, 4.69) is 20.3 Å². The van der Waals surface area contributed by atoms with Gasteiger partial charge in [-0.2, -0.15) is 0 Å². The van der Waals surface area contributed by atoms with Gasteiger partial charge in [0.05, 0.1) is 6.20 Å². The number of fused-ring (bicyclic) bond motifs is 1. The zero-order valence-electron chi connectivity index (χ0n) is 14.7. The van der Waals surface area contributed by atoms with E-state index in [0.29, 0.717) is 22.7 Å². The number of nitrogens with zero attached hydrogens (tertiary/aromatic N) is 2. The van der Waals surface area contributed by atoms with Gasteiger partial charge >= 0.3 is 0 Å². The fraction of sp³-hybridized carbons (Fsp3) is 0.222. The molecule has 1 amide bonds. The molecule has 0 saturated heterocycles. The van der Waals surface area contributed by atoms with E-state index in [1.54, 1.807) is 19.3 Å². The highest BCUT2D eigenvalue weighted by atomic mass is 16.5. The van der Waals surface area contributed by atoms with Crippen molar-refractivity contribution in [3.05, 3.63) is 59.1 Å². The molecule has 7 heteroatoms. The molecule has 132 valence electrons. The van der Waals surface area contributed by atoms with Crippen molar-refractivity contribution < 1.29 is 9.53 Å². The summed E-state index contributed by atoms with van der Waals surface area (Å²) < 4.78 is 5.71. The van der Waals surface area contributed by atoms with E-state index in [9.17, 15) is 9.59 Å². The molecule has 3 rings (SSSR count). The average Bonchev–Trinajstić information content (AvgIpc) is 2.64. The standard InChI is InChI=1S/C13H9N3O2.C3H7NO.C2H6/c17-11-8-15-12-10(6-7-14-13(12)16-11)18-9-4-2-1-3-5-9;1-3(5)4-2;1-2/h1-8H,(H,14,16,17);1-2H3,(H,4,5);1-2H3. The third kappa shape index (κ3) is 6.42. The summed E-state index contributed by atoms with van der Waals surface area (Å²) in [5, 5.41) is 2.39. The number of ether oxygens (including phenoxy) is 1. The number of carbonyl (C=O) groups is 1. The molecule has 0 spiro atoms. The van der Waals surface area contributed by atoms with Crippen LogP contribution in [0.15, 0.2) is 53.6 Å². The molecule has 0 saturated carbocycles. The van der Waals surface area contributed by atoms with Gasteiger partial charge in [0.15, 0.2) is 11.4 Å². The minimum atomic E-state index is -0.285. The Labute approximate surface area is 146 Å². The Morgan fingerprint density at radius 1 is 1.12 bits per heavy atom. The summed E-state index contributed by atoms with van der Waals surface area (Å²) in [7, 11) is 1.60. The lowest BCUT2D eigenvalue weighted by Gasteiger charge is -2.06. The Morgan fingerprint density at radius 3 is 2.36 bits per heavy atom. The largest absolute Gasteiger partial charge is 0.455 e. The van der Waals surface area contributed by atoms with Crippen LogP contribution in [-0.4, -0.2) is 27.9 Å². The number of nitrogens with one attached hydrogen (secondary N) is 2. The van der Waals surface area contributed by atoms with Gasteiger partial charge in [0, 0.05) is 26.2 Å². The first-order valence-corrected chi connectivity index (χ1v) is 7.85. The van der Waals surface area contributed by atoms with E-state index in [1.807, 2.05) is 44.2 Å². The summed E-state index contributed by atoms with van der Waals surface area (Å²) >= 11 is 0. The van der Waals surface area contributed by atoms with E-state index in [4.69, 9.17) is 4.74 Å². The van der Waals surface area contributed by atoms with Crippen molar-refractivity contribution in [3.8, 4) is 11.5 Å².